The Balaban J connectivity index is 2.84. The van der Waals surface area contributed by atoms with Gasteiger partial charge in [0.15, 0.2) is 0 Å². The Hall–Kier alpha value is -1.03. The van der Waals surface area contributed by atoms with E-state index in [4.69, 9.17) is 4.74 Å². The van der Waals surface area contributed by atoms with Gasteiger partial charge in [0.25, 0.3) is 0 Å². The van der Waals surface area contributed by atoms with E-state index in [1.807, 2.05) is 23.7 Å². The van der Waals surface area contributed by atoms with Gasteiger partial charge in [-0.05, 0) is 12.1 Å². The maximum Gasteiger partial charge on any atom is 0.147 e. The van der Waals surface area contributed by atoms with Crippen molar-refractivity contribution in [1.29, 1.82) is 0 Å². The number of hydrogen-bond donors (Lipinski definition) is 0. The predicted molar refractivity (Wildman–Crippen MR) is 55.0 cm³/mol. The highest BCUT2D eigenvalue weighted by molar-refractivity contribution is 9.10. The number of nitrogens with zero attached hydrogens (tertiary/aromatic N) is 2. The van der Waals surface area contributed by atoms with Crippen LogP contribution in [-0.4, -0.2) is 16.7 Å². The van der Waals surface area contributed by atoms with Crippen LogP contribution < -0.4 is 4.74 Å². The molecule has 0 aliphatic rings. The molecule has 1 aromatic heterocycles. The topological polar surface area (TPSA) is 27.1 Å². The predicted octanol–water partition coefficient (Wildman–Crippen LogP) is 2.34. The number of methoxy groups -OCH3 is 1. The Labute approximate surface area is 84.5 Å². The quantitative estimate of drug-likeness (QED) is 0.766. The van der Waals surface area contributed by atoms with E-state index in [1.165, 1.54) is 0 Å². The van der Waals surface area contributed by atoms with E-state index in [0.29, 0.717) is 0 Å². The Morgan fingerprint density at radius 1 is 1.46 bits per heavy atom. The molecular formula is C9H9BrN2O. The molecule has 68 valence electrons. The number of halogens is 1. The maximum absolute atomic E-state index is 5.22. The van der Waals surface area contributed by atoms with Gasteiger partial charge in [-0.25, -0.2) is 4.98 Å². The van der Waals surface area contributed by atoms with Gasteiger partial charge in [0.1, 0.15) is 11.3 Å². The molecule has 0 bridgehead atoms. The van der Waals surface area contributed by atoms with Gasteiger partial charge in [-0.3, -0.25) is 0 Å². The molecule has 0 saturated heterocycles. The van der Waals surface area contributed by atoms with Gasteiger partial charge in [0.05, 0.1) is 19.0 Å². The Bertz CT molecular complexity index is 450. The third-order valence-electron chi connectivity index (χ3n) is 1.98. The molecule has 0 spiro atoms. The molecule has 1 aromatic carbocycles. The minimum atomic E-state index is 0.796. The zero-order chi connectivity index (χ0) is 9.42. The molecule has 4 heteroatoms. The third-order valence-corrected chi connectivity index (χ3v) is 2.44. The molecule has 0 fully saturated rings. The monoisotopic (exact) mass is 240 g/mol. The van der Waals surface area contributed by atoms with Crippen molar-refractivity contribution in [2.75, 3.05) is 7.11 Å². The standard InChI is InChI=1S/C9H9BrN2O/c1-12-5-11-9-7(12)3-6(10)4-8(9)13-2/h3-5H,1-2H3. The molecule has 1 heterocycles. The van der Waals surface area contributed by atoms with Crippen LogP contribution in [0.5, 0.6) is 5.75 Å². The lowest BCUT2D eigenvalue weighted by Gasteiger charge is -2.02. The molecule has 2 aromatic rings. The minimum Gasteiger partial charge on any atom is -0.494 e. The average Bonchev–Trinajstić information content (AvgIpc) is 2.47. The molecule has 0 unspecified atom stereocenters. The number of benzene rings is 1. The molecule has 0 radical (unpaired) electrons. The maximum atomic E-state index is 5.22. The number of imidazole rings is 1. The lowest BCUT2D eigenvalue weighted by atomic mass is 10.3. The van der Waals surface area contributed by atoms with Crippen LogP contribution in [0.1, 0.15) is 0 Å². The molecule has 0 aliphatic carbocycles. The van der Waals surface area contributed by atoms with E-state index < -0.39 is 0 Å². The van der Waals surface area contributed by atoms with E-state index in [0.717, 1.165) is 21.3 Å². The zero-order valence-electron chi connectivity index (χ0n) is 7.41. The highest BCUT2D eigenvalue weighted by atomic mass is 79.9. The van der Waals surface area contributed by atoms with Gasteiger partial charge in [0, 0.05) is 11.5 Å². The van der Waals surface area contributed by atoms with Gasteiger partial charge < -0.3 is 9.30 Å². The fraction of sp³-hybridized carbons (Fsp3) is 0.222. The Morgan fingerprint density at radius 2 is 2.23 bits per heavy atom. The summed E-state index contributed by atoms with van der Waals surface area (Å²) in [6.07, 6.45) is 1.78. The van der Waals surface area contributed by atoms with Crippen molar-refractivity contribution < 1.29 is 4.74 Å². The normalized spacial score (nSPS) is 10.7. The first kappa shape index (κ1) is 8.56. The SMILES string of the molecule is COc1cc(Br)cc2c1ncn2C. The summed E-state index contributed by atoms with van der Waals surface area (Å²) in [5, 5.41) is 0. The molecular weight excluding hydrogens is 232 g/mol. The fourth-order valence-corrected chi connectivity index (χ4v) is 1.75. The van der Waals surface area contributed by atoms with Crippen molar-refractivity contribution in [3.05, 3.63) is 22.9 Å². The van der Waals surface area contributed by atoms with Crippen LogP contribution in [0.2, 0.25) is 0 Å². The lowest BCUT2D eigenvalue weighted by Crippen LogP contribution is -1.87. The average molecular weight is 241 g/mol. The molecule has 2 rings (SSSR count). The number of rotatable bonds is 1. The van der Waals surface area contributed by atoms with Crippen molar-refractivity contribution in [2.24, 2.45) is 7.05 Å². The van der Waals surface area contributed by atoms with Crippen LogP contribution in [0, 0.1) is 0 Å². The molecule has 3 nitrogen and oxygen atoms in total. The van der Waals surface area contributed by atoms with Crippen molar-refractivity contribution in [3.8, 4) is 5.75 Å². The van der Waals surface area contributed by atoms with Gasteiger partial charge in [-0.2, -0.15) is 0 Å². The van der Waals surface area contributed by atoms with Gasteiger partial charge in [-0.1, -0.05) is 15.9 Å². The molecule has 0 atom stereocenters. The fourth-order valence-electron chi connectivity index (χ4n) is 1.32. The van der Waals surface area contributed by atoms with Crippen molar-refractivity contribution >= 4 is 27.0 Å². The van der Waals surface area contributed by atoms with Gasteiger partial charge in [-0.15, -0.1) is 0 Å². The van der Waals surface area contributed by atoms with Crippen molar-refractivity contribution in [3.63, 3.8) is 0 Å². The summed E-state index contributed by atoms with van der Waals surface area (Å²) in [5.74, 6) is 0.796. The molecule has 0 N–H and O–H groups in total. The highest BCUT2D eigenvalue weighted by Crippen LogP contribution is 2.28. The van der Waals surface area contributed by atoms with Crippen LogP contribution in [0.3, 0.4) is 0 Å². The number of hydrogen-bond acceptors (Lipinski definition) is 2. The number of ether oxygens (including phenoxy) is 1. The molecule has 0 aliphatic heterocycles. The van der Waals surface area contributed by atoms with Crippen LogP contribution in [0.25, 0.3) is 11.0 Å². The Kier molecular flexibility index (Phi) is 2.00. The van der Waals surface area contributed by atoms with Crippen molar-refractivity contribution in [2.45, 2.75) is 0 Å². The summed E-state index contributed by atoms with van der Waals surface area (Å²) in [7, 11) is 3.61. The second-order valence-corrected chi connectivity index (χ2v) is 3.75. The summed E-state index contributed by atoms with van der Waals surface area (Å²) >= 11 is 3.42. The summed E-state index contributed by atoms with van der Waals surface area (Å²) in [6, 6.07) is 3.93. The molecule has 0 amide bonds. The van der Waals surface area contributed by atoms with E-state index >= 15 is 0 Å². The zero-order valence-corrected chi connectivity index (χ0v) is 9.00. The summed E-state index contributed by atoms with van der Waals surface area (Å²) in [5.41, 5.74) is 1.96. The van der Waals surface area contributed by atoms with Gasteiger partial charge in [0.2, 0.25) is 0 Å². The first-order valence-electron chi connectivity index (χ1n) is 3.87. The van der Waals surface area contributed by atoms with E-state index in [9.17, 15) is 0 Å². The van der Waals surface area contributed by atoms with Crippen LogP contribution in [0.4, 0.5) is 0 Å². The van der Waals surface area contributed by atoms with Crippen LogP contribution >= 0.6 is 15.9 Å². The summed E-state index contributed by atoms with van der Waals surface area (Å²) < 4.78 is 8.18. The largest absolute Gasteiger partial charge is 0.494 e. The summed E-state index contributed by atoms with van der Waals surface area (Å²) in [4.78, 5) is 4.25. The first-order chi connectivity index (χ1) is 6.22. The Morgan fingerprint density at radius 3 is 2.92 bits per heavy atom. The highest BCUT2D eigenvalue weighted by Gasteiger charge is 2.06. The van der Waals surface area contributed by atoms with E-state index in [2.05, 4.69) is 20.9 Å². The number of aromatic nitrogens is 2. The second-order valence-electron chi connectivity index (χ2n) is 2.83. The molecule has 0 saturated carbocycles. The number of fused-ring (bicyclic) bond motifs is 1. The lowest BCUT2D eigenvalue weighted by molar-refractivity contribution is 0.418. The van der Waals surface area contributed by atoms with Crippen LogP contribution in [0.15, 0.2) is 22.9 Å². The van der Waals surface area contributed by atoms with Gasteiger partial charge >= 0.3 is 0 Å². The number of aryl methyl sites for hydroxylation is 1. The molecule has 13 heavy (non-hydrogen) atoms. The smallest absolute Gasteiger partial charge is 0.147 e. The van der Waals surface area contributed by atoms with E-state index in [-0.39, 0.29) is 0 Å². The van der Waals surface area contributed by atoms with Crippen molar-refractivity contribution in [1.82, 2.24) is 9.55 Å². The van der Waals surface area contributed by atoms with Crippen LogP contribution in [-0.2, 0) is 7.05 Å². The third kappa shape index (κ3) is 1.31. The summed E-state index contributed by atoms with van der Waals surface area (Å²) in [6.45, 7) is 0. The first-order valence-corrected chi connectivity index (χ1v) is 4.66. The van der Waals surface area contributed by atoms with E-state index in [1.54, 1.807) is 13.4 Å². The second kappa shape index (κ2) is 3.03. The minimum absolute atomic E-state index is 0.796.